The van der Waals surface area contributed by atoms with Gasteiger partial charge < -0.3 is 0 Å². The molecule has 0 aromatic heterocycles. The van der Waals surface area contributed by atoms with E-state index in [0.717, 1.165) is 49.7 Å². The smallest absolute Gasteiger partial charge is 0.212 e. The molecule has 1 fully saturated rings. The molecule has 0 spiro atoms. The van der Waals surface area contributed by atoms with Crippen LogP contribution in [0.25, 0.3) is 0 Å². The molecule has 1 aliphatic heterocycles. The average Bonchev–Trinajstić information content (AvgIpc) is 2.85. The zero-order chi connectivity index (χ0) is 17.8. The highest BCUT2D eigenvalue weighted by atomic mass is 32.2. The van der Waals surface area contributed by atoms with Crippen LogP contribution >= 0.6 is 0 Å². The van der Waals surface area contributed by atoms with E-state index >= 15 is 0 Å². The highest BCUT2D eigenvalue weighted by Crippen LogP contribution is 2.56. The molecule has 0 amide bonds. The summed E-state index contributed by atoms with van der Waals surface area (Å²) in [5.74, 6) is 0. The van der Waals surface area contributed by atoms with Gasteiger partial charge in [0.1, 0.15) is 0 Å². The molecule has 0 bridgehead atoms. The first-order valence-corrected chi connectivity index (χ1v) is 10.9. The lowest BCUT2D eigenvalue weighted by Gasteiger charge is -2.39. The predicted octanol–water partition coefficient (Wildman–Crippen LogP) is 4.93. The summed E-state index contributed by atoms with van der Waals surface area (Å²) in [7, 11) is -3.28. The number of sulfonamides is 1. The second kappa shape index (κ2) is 7.83. The fourth-order valence-corrected chi connectivity index (χ4v) is 5.17. The normalized spacial score (nSPS) is 21.3. The van der Waals surface area contributed by atoms with Crippen molar-refractivity contribution < 1.29 is 8.42 Å². The second-order valence-corrected chi connectivity index (χ2v) is 9.02. The molecule has 1 unspecified atom stereocenters. The van der Waals surface area contributed by atoms with Crippen molar-refractivity contribution in [2.45, 2.75) is 58.4 Å². The van der Waals surface area contributed by atoms with Gasteiger partial charge in [-0.15, -0.1) is 0 Å². The van der Waals surface area contributed by atoms with Gasteiger partial charge in [-0.05, 0) is 18.4 Å². The average molecular weight is 350 g/mol. The number of unbranched alkanes of at least 4 members (excludes halogenated alkanes) is 2. The van der Waals surface area contributed by atoms with Crippen molar-refractivity contribution in [2.75, 3.05) is 12.8 Å². The van der Waals surface area contributed by atoms with Crippen molar-refractivity contribution in [1.29, 1.82) is 0 Å². The SMILES string of the molecule is C=C1CN(S(C)(=O)=O)C(c2ccccc2)C1(CCCC)CCCC. The third-order valence-corrected chi connectivity index (χ3v) is 6.55. The van der Waals surface area contributed by atoms with Crippen molar-refractivity contribution in [1.82, 2.24) is 4.31 Å². The maximum Gasteiger partial charge on any atom is 0.212 e. The van der Waals surface area contributed by atoms with Gasteiger partial charge in [-0.1, -0.05) is 82.0 Å². The monoisotopic (exact) mass is 349 g/mol. The predicted molar refractivity (Wildman–Crippen MR) is 101 cm³/mol. The maximum atomic E-state index is 12.5. The van der Waals surface area contributed by atoms with Gasteiger partial charge >= 0.3 is 0 Å². The minimum absolute atomic E-state index is 0.126. The summed E-state index contributed by atoms with van der Waals surface area (Å²) in [5, 5.41) is 0. The molecule has 0 radical (unpaired) electrons. The zero-order valence-corrected chi connectivity index (χ0v) is 16.1. The molecule has 1 aliphatic rings. The third kappa shape index (κ3) is 3.75. The van der Waals surface area contributed by atoms with E-state index in [4.69, 9.17) is 0 Å². The van der Waals surface area contributed by atoms with Gasteiger partial charge in [0.2, 0.25) is 10.0 Å². The van der Waals surface area contributed by atoms with E-state index in [-0.39, 0.29) is 11.5 Å². The Morgan fingerprint density at radius 3 is 2.12 bits per heavy atom. The molecule has 0 saturated carbocycles. The largest absolute Gasteiger partial charge is 0.212 e. The first kappa shape index (κ1) is 19.2. The summed E-state index contributed by atoms with van der Waals surface area (Å²) in [6, 6.07) is 9.99. The van der Waals surface area contributed by atoms with Crippen LogP contribution in [-0.4, -0.2) is 25.5 Å². The van der Waals surface area contributed by atoms with Crippen LogP contribution in [0, 0.1) is 5.41 Å². The van der Waals surface area contributed by atoms with Crippen molar-refractivity contribution >= 4 is 10.0 Å². The van der Waals surface area contributed by atoms with Crippen LogP contribution < -0.4 is 0 Å². The van der Waals surface area contributed by atoms with Crippen LogP contribution in [0.5, 0.6) is 0 Å². The summed E-state index contributed by atoms with van der Waals surface area (Å²) in [6.07, 6.45) is 7.77. The molecular formula is C20H31NO2S. The Morgan fingerprint density at radius 2 is 1.67 bits per heavy atom. The Kier molecular flexibility index (Phi) is 6.27. The number of nitrogens with zero attached hydrogens (tertiary/aromatic N) is 1. The summed E-state index contributed by atoms with van der Waals surface area (Å²) < 4.78 is 26.6. The van der Waals surface area contributed by atoms with Crippen LogP contribution in [0.2, 0.25) is 0 Å². The minimum atomic E-state index is -3.28. The Labute approximate surface area is 147 Å². The standard InChI is InChI=1S/C20H31NO2S/c1-5-7-14-20(15-8-6-2)17(3)16-21(24(4,22)23)19(20)18-12-10-9-11-13-18/h9-13,19H,3,5-8,14-16H2,1-2,4H3. The molecule has 4 heteroatoms. The molecule has 0 aliphatic carbocycles. The van der Waals surface area contributed by atoms with E-state index in [1.165, 1.54) is 6.26 Å². The van der Waals surface area contributed by atoms with Gasteiger partial charge in [0, 0.05) is 12.0 Å². The molecule has 1 atom stereocenters. The second-order valence-electron chi connectivity index (χ2n) is 7.09. The molecule has 134 valence electrons. The number of hydrogen-bond acceptors (Lipinski definition) is 2. The Balaban J connectivity index is 2.56. The van der Waals surface area contributed by atoms with Gasteiger partial charge in [-0.3, -0.25) is 0 Å². The summed E-state index contributed by atoms with van der Waals surface area (Å²) in [6.45, 7) is 9.18. The summed E-state index contributed by atoms with van der Waals surface area (Å²) >= 11 is 0. The number of benzene rings is 1. The van der Waals surface area contributed by atoms with Gasteiger partial charge in [-0.25, -0.2) is 8.42 Å². The van der Waals surface area contributed by atoms with E-state index in [9.17, 15) is 8.42 Å². The molecular weight excluding hydrogens is 318 g/mol. The fraction of sp³-hybridized carbons (Fsp3) is 0.600. The lowest BCUT2D eigenvalue weighted by molar-refractivity contribution is 0.196. The third-order valence-electron chi connectivity index (χ3n) is 5.36. The van der Waals surface area contributed by atoms with Gasteiger partial charge in [0.15, 0.2) is 0 Å². The highest BCUT2D eigenvalue weighted by Gasteiger charge is 2.52. The molecule has 0 N–H and O–H groups in total. The van der Waals surface area contributed by atoms with Gasteiger partial charge in [-0.2, -0.15) is 4.31 Å². The van der Waals surface area contributed by atoms with E-state index in [1.54, 1.807) is 4.31 Å². The van der Waals surface area contributed by atoms with Crippen molar-refractivity contribution in [3.63, 3.8) is 0 Å². The Hall–Kier alpha value is -1.13. The van der Waals surface area contributed by atoms with Crippen molar-refractivity contribution in [3.8, 4) is 0 Å². The molecule has 1 saturated heterocycles. The molecule has 2 rings (SSSR count). The fourth-order valence-electron chi connectivity index (χ4n) is 4.07. The molecule has 1 heterocycles. The van der Waals surface area contributed by atoms with Crippen molar-refractivity contribution in [3.05, 3.63) is 48.0 Å². The van der Waals surface area contributed by atoms with Crippen LogP contribution in [0.3, 0.4) is 0 Å². The van der Waals surface area contributed by atoms with Gasteiger partial charge in [0.05, 0.1) is 12.3 Å². The molecule has 1 aromatic carbocycles. The Bertz CT molecular complexity index is 643. The van der Waals surface area contributed by atoms with E-state index < -0.39 is 10.0 Å². The van der Waals surface area contributed by atoms with Crippen LogP contribution in [0.1, 0.15) is 64.0 Å². The van der Waals surface area contributed by atoms with Gasteiger partial charge in [0.25, 0.3) is 0 Å². The summed E-state index contributed by atoms with van der Waals surface area (Å²) in [5.41, 5.74) is 2.04. The highest BCUT2D eigenvalue weighted by molar-refractivity contribution is 7.88. The molecule has 3 nitrogen and oxygen atoms in total. The topological polar surface area (TPSA) is 37.4 Å². The summed E-state index contributed by atoms with van der Waals surface area (Å²) in [4.78, 5) is 0. The van der Waals surface area contributed by atoms with E-state index in [2.05, 4.69) is 32.6 Å². The minimum Gasteiger partial charge on any atom is -0.212 e. The molecule has 1 aromatic rings. The van der Waals surface area contributed by atoms with E-state index in [1.807, 2.05) is 18.2 Å². The zero-order valence-electron chi connectivity index (χ0n) is 15.3. The first-order chi connectivity index (χ1) is 11.4. The lowest BCUT2D eigenvalue weighted by Crippen LogP contribution is -2.36. The number of hydrogen-bond donors (Lipinski definition) is 0. The van der Waals surface area contributed by atoms with E-state index in [0.29, 0.717) is 6.54 Å². The van der Waals surface area contributed by atoms with Crippen LogP contribution in [0.15, 0.2) is 42.5 Å². The number of rotatable bonds is 8. The van der Waals surface area contributed by atoms with Crippen molar-refractivity contribution in [2.24, 2.45) is 5.41 Å². The Morgan fingerprint density at radius 1 is 1.12 bits per heavy atom. The van der Waals surface area contributed by atoms with Crippen LogP contribution in [0.4, 0.5) is 0 Å². The van der Waals surface area contributed by atoms with Crippen LogP contribution in [-0.2, 0) is 10.0 Å². The first-order valence-electron chi connectivity index (χ1n) is 9.07. The maximum absolute atomic E-state index is 12.5. The quantitative estimate of drug-likeness (QED) is 0.624. The molecule has 24 heavy (non-hydrogen) atoms. The lowest BCUT2D eigenvalue weighted by atomic mass is 9.68.